The van der Waals surface area contributed by atoms with Crippen LogP contribution in [0, 0.1) is 11.8 Å². The molecule has 2 amide bonds. The molecule has 0 bridgehead atoms. The van der Waals surface area contributed by atoms with E-state index in [1.54, 1.807) is 24.1 Å². The number of ether oxygens (including phenoxy) is 1. The molecule has 0 heterocycles. The summed E-state index contributed by atoms with van der Waals surface area (Å²) in [6.45, 7) is 2.53. The van der Waals surface area contributed by atoms with Gasteiger partial charge in [0.15, 0.2) is 0 Å². The Hall–Kier alpha value is -2.82. The van der Waals surface area contributed by atoms with Crippen molar-refractivity contribution >= 4 is 23.2 Å². The molecule has 0 spiro atoms. The van der Waals surface area contributed by atoms with Crippen molar-refractivity contribution in [3.63, 3.8) is 0 Å². The van der Waals surface area contributed by atoms with Crippen LogP contribution in [-0.4, -0.2) is 25.5 Å². The highest BCUT2D eigenvalue weighted by atomic mass is 16.5. The molecule has 5 nitrogen and oxygen atoms in total. The molecule has 0 aromatic heterocycles. The summed E-state index contributed by atoms with van der Waals surface area (Å²) in [5.74, 6) is 0.143. The van der Waals surface area contributed by atoms with Gasteiger partial charge in [-0.3, -0.25) is 9.59 Å². The molecular weight excluding hydrogens is 316 g/mol. The number of nitrogens with zero attached hydrogens (tertiary/aromatic N) is 1. The topological polar surface area (TPSA) is 58.6 Å². The van der Waals surface area contributed by atoms with Gasteiger partial charge in [-0.05, 0) is 49.7 Å². The molecule has 130 valence electrons. The predicted octanol–water partition coefficient (Wildman–Crippen LogP) is 3.32. The molecule has 2 aromatic carbocycles. The minimum Gasteiger partial charge on any atom is -0.494 e. The molecule has 1 aliphatic rings. The number of carbonyl (C=O) groups excluding carboxylic acids is 2. The van der Waals surface area contributed by atoms with E-state index in [0.29, 0.717) is 18.7 Å². The quantitative estimate of drug-likeness (QED) is 0.879. The summed E-state index contributed by atoms with van der Waals surface area (Å²) in [4.78, 5) is 26.5. The standard InChI is InChI=1S/C20H22N2O3/c1-3-25-16-11-9-14(10-12-16)21-19(23)17-13-18(17)20(24)22(2)15-7-5-4-6-8-15/h4-12,17-18H,3,13H2,1-2H3,(H,21,23). The normalized spacial score (nSPS) is 18.3. The number of hydrogen-bond acceptors (Lipinski definition) is 3. The molecule has 0 aliphatic heterocycles. The second-order valence-corrected chi connectivity index (χ2v) is 6.13. The van der Waals surface area contributed by atoms with E-state index in [2.05, 4.69) is 5.32 Å². The Kier molecular flexibility index (Phi) is 5.03. The minimum absolute atomic E-state index is 0.0157. The van der Waals surface area contributed by atoms with Gasteiger partial charge in [-0.2, -0.15) is 0 Å². The molecule has 1 N–H and O–H groups in total. The Morgan fingerprint density at radius 3 is 2.40 bits per heavy atom. The Bertz CT molecular complexity index is 743. The third-order valence-electron chi connectivity index (χ3n) is 4.35. The van der Waals surface area contributed by atoms with Crippen LogP contribution in [0.5, 0.6) is 5.75 Å². The van der Waals surface area contributed by atoms with Crippen LogP contribution in [0.1, 0.15) is 13.3 Å². The van der Waals surface area contributed by atoms with Crippen molar-refractivity contribution in [3.8, 4) is 5.75 Å². The average molecular weight is 338 g/mol. The highest BCUT2D eigenvalue weighted by Gasteiger charge is 2.49. The first kappa shape index (κ1) is 17.0. The number of benzene rings is 2. The lowest BCUT2D eigenvalue weighted by Gasteiger charge is -2.17. The molecule has 3 rings (SSSR count). The van der Waals surface area contributed by atoms with Gasteiger partial charge in [0.25, 0.3) is 0 Å². The van der Waals surface area contributed by atoms with E-state index in [9.17, 15) is 9.59 Å². The summed E-state index contributed by atoms with van der Waals surface area (Å²) in [6, 6.07) is 16.7. The molecule has 0 saturated heterocycles. The number of anilines is 2. The summed E-state index contributed by atoms with van der Waals surface area (Å²) < 4.78 is 5.38. The number of rotatable bonds is 6. The number of para-hydroxylation sites is 1. The molecule has 2 unspecified atom stereocenters. The van der Waals surface area contributed by atoms with Crippen LogP contribution in [0.15, 0.2) is 54.6 Å². The first-order valence-corrected chi connectivity index (χ1v) is 8.46. The van der Waals surface area contributed by atoms with Crippen molar-refractivity contribution in [2.45, 2.75) is 13.3 Å². The Balaban J connectivity index is 1.55. The van der Waals surface area contributed by atoms with E-state index >= 15 is 0 Å². The van der Waals surface area contributed by atoms with Crippen molar-refractivity contribution in [1.82, 2.24) is 0 Å². The molecular formula is C20H22N2O3. The van der Waals surface area contributed by atoms with Gasteiger partial charge in [0.1, 0.15) is 5.75 Å². The maximum atomic E-state index is 12.5. The molecule has 0 radical (unpaired) electrons. The minimum atomic E-state index is -0.259. The highest BCUT2D eigenvalue weighted by Crippen LogP contribution is 2.41. The molecule has 25 heavy (non-hydrogen) atoms. The van der Waals surface area contributed by atoms with Crippen molar-refractivity contribution in [2.75, 3.05) is 23.9 Å². The van der Waals surface area contributed by atoms with E-state index in [-0.39, 0.29) is 23.7 Å². The lowest BCUT2D eigenvalue weighted by atomic mass is 10.2. The molecule has 1 aliphatic carbocycles. The van der Waals surface area contributed by atoms with E-state index in [0.717, 1.165) is 11.4 Å². The smallest absolute Gasteiger partial charge is 0.230 e. The zero-order valence-electron chi connectivity index (χ0n) is 14.4. The van der Waals surface area contributed by atoms with Gasteiger partial charge in [0, 0.05) is 18.4 Å². The van der Waals surface area contributed by atoms with E-state index < -0.39 is 0 Å². The van der Waals surface area contributed by atoms with Gasteiger partial charge in [-0.1, -0.05) is 18.2 Å². The lowest BCUT2D eigenvalue weighted by Crippen LogP contribution is -2.29. The van der Waals surface area contributed by atoms with Gasteiger partial charge in [-0.15, -0.1) is 0 Å². The van der Waals surface area contributed by atoms with Gasteiger partial charge >= 0.3 is 0 Å². The van der Waals surface area contributed by atoms with Crippen molar-refractivity contribution in [2.24, 2.45) is 11.8 Å². The predicted molar refractivity (Wildman–Crippen MR) is 97.7 cm³/mol. The van der Waals surface area contributed by atoms with E-state index in [1.165, 1.54) is 0 Å². The van der Waals surface area contributed by atoms with Gasteiger partial charge in [0.05, 0.1) is 18.4 Å². The van der Waals surface area contributed by atoms with E-state index in [4.69, 9.17) is 4.74 Å². The molecule has 1 saturated carbocycles. The number of carbonyl (C=O) groups is 2. The molecule has 5 heteroatoms. The van der Waals surface area contributed by atoms with Crippen molar-refractivity contribution < 1.29 is 14.3 Å². The lowest BCUT2D eigenvalue weighted by molar-refractivity contribution is -0.123. The number of hydrogen-bond donors (Lipinski definition) is 1. The van der Waals surface area contributed by atoms with Crippen molar-refractivity contribution in [3.05, 3.63) is 54.6 Å². The first-order valence-electron chi connectivity index (χ1n) is 8.46. The zero-order valence-corrected chi connectivity index (χ0v) is 14.4. The second kappa shape index (κ2) is 7.38. The molecule has 2 aromatic rings. The van der Waals surface area contributed by atoms with Crippen LogP contribution in [0.3, 0.4) is 0 Å². The van der Waals surface area contributed by atoms with Gasteiger partial charge in [-0.25, -0.2) is 0 Å². The monoisotopic (exact) mass is 338 g/mol. The fraction of sp³-hybridized carbons (Fsp3) is 0.300. The fourth-order valence-electron chi connectivity index (χ4n) is 2.82. The van der Waals surface area contributed by atoms with Crippen LogP contribution in [0.2, 0.25) is 0 Å². The van der Waals surface area contributed by atoms with Gasteiger partial charge in [0.2, 0.25) is 11.8 Å². The Morgan fingerprint density at radius 1 is 1.08 bits per heavy atom. The number of nitrogens with one attached hydrogen (secondary N) is 1. The average Bonchev–Trinajstić information content (AvgIpc) is 3.44. The Labute approximate surface area is 147 Å². The third kappa shape index (κ3) is 3.99. The van der Waals surface area contributed by atoms with E-state index in [1.807, 2.05) is 49.4 Å². The third-order valence-corrected chi connectivity index (χ3v) is 4.35. The summed E-state index contributed by atoms with van der Waals surface area (Å²) >= 11 is 0. The zero-order chi connectivity index (χ0) is 17.8. The van der Waals surface area contributed by atoms with Crippen LogP contribution >= 0.6 is 0 Å². The SMILES string of the molecule is CCOc1ccc(NC(=O)C2CC2C(=O)N(C)c2ccccc2)cc1. The largest absolute Gasteiger partial charge is 0.494 e. The van der Waals surface area contributed by atoms with Crippen LogP contribution in [-0.2, 0) is 9.59 Å². The fourth-order valence-corrected chi connectivity index (χ4v) is 2.82. The summed E-state index contributed by atoms with van der Waals surface area (Å²) in [6.07, 6.45) is 0.596. The van der Waals surface area contributed by atoms with Crippen LogP contribution in [0.4, 0.5) is 11.4 Å². The molecule has 2 atom stereocenters. The van der Waals surface area contributed by atoms with Crippen molar-refractivity contribution in [1.29, 1.82) is 0 Å². The van der Waals surface area contributed by atoms with Crippen LogP contribution < -0.4 is 15.0 Å². The second-order valence-electron chi connectivity index (χ2n) is 6.13. The first-order chi connectivity index (χ1) is 12.1. The van der Waals surface area contributed by atoms with Crippen LogP contribution in [0.25, 0.3) is 0 Å². The highest BCUT2D eigenvalue weighted by molar-refractivity contribution is 6.04. The summed E-state index contributed by atoms with van der Waals surface area (Å²) in [5, 5.41) is 2.87. The summed E-state index contributed by atoms with van der Waals surface area (Å²) in [5.41, 5.74) is 1.55. The number of amides is 2. The Morgan fingerprint density at radius 2 is 1.76 bits per heavy atom. The maximum absolute atomic E-state index is 12.5. The maximum Gasteiger partial charge on any atom is 0.230 e. The van der Waals surface area contributed by atoms with Gasteiger partial charge < -0.3 is 15.0 Å². The summed E-state index contributed by atoms with van der Waals surface area (Å²) in [7, 11) is 1.75. The molecule has 1 fully saturated rings.